The summed E-state index contributed by atoms with van der Waals surface area (Å²) in [5.41, 5.74) is 5.21. The molecule has 2 aromatic carbocycles. The number of ether oxygens (including phenoxy) is 1. The Morgan fingerprint density at radius 1 is 1.03 bits per heavy atom. The van der Waals surface area contributed by atoms with E-state index in [0.717, 1.165) is 34.6 Å². The molecule has 1 amide bonds. The fraction of sp³-hybridized carbons (Fsp3) is 0.174. The van der Waals surface area contributed by atoms with E-state index in [1.54, 1.807) is 42.6 Å². The van der Waals surface area contributed by atoms with Gasteiger partial charge in [0.1, 0.15) is 5.69 Å². The fourth-order valence-electron chi connectivity index (χ4n) is 2.99. The van der Waals surface area contributed by atoms with Crippen LogP contribution >= 0.6 is 0 Å². The molecule has 1 heterocycles. The van der Waals surface area contributed by atoms with E-state index in [0.29, 0.717) is 11.3 Å². The van der Waals surface area contributed by atoms with Crippen LogP contribution in [0.4, 0.5) is 17.1 Å². The van der Waals surface area contributed by atoms with Gasteiger partial charge in [0.2, 0.25) is 0 Å². The molecule has 0 atom stereocenters. The van der Waals surface area contributed by atoms with Gasteiger partial charge in [0, 0.05) is 23.3 Å². The number of nitrogens with one attached hydrogen (secondary N) is 2. The van der Waals surface area contributed by atoms with Crippen molar-refractivity contribution >= 4 is 28.9 Å². The highest BCUT2D eigenvalue weighted by Crippen LogP contribution is 2.23. The Hall–Kier alpha value is -3.67. The van der Waals surface area contributed by atoms with Crippen LogP contribution in [0.25, 0.3) is 0 Å². The van der Waals surface area contributed by atoms with Gasteiger partial charge >= 0.3 is 5.97 Å². The fourth-order valence-corrected chi connectivity index (χ4v) is 2.99. The Morgan fingerprint density at radius 3 is 2.48 bits per heavy atom. The molecule has 0 aliphatic heterocycles. The molecule has 0 saturated heterocycles. The predicted molar refractivity (Wildman–Crippen MR) is 114 cm³/mol. The minimum Gasteiger partial charge on any atom is -0.465 e. The summed E-state index contributed by atoms with van der Waals surface area (Å²) in [4.78, 5) is 28.5. The number of esters is 1. The first-order valence-corrected chi connectivity index (χ1v) is 9.33. The van der Waals surface area contributed by atoms with Crippen LogP contribution in [0.2, 0.25) is 0 Å². The van der Waals surface area contributed by atoms with E-state index in [1.165, 1.54) is 7.11 Å². The number of rotatable bonds is 6. The summed E-state index contributed by atoms with van der Waals surface area (Å²) in [6.07, 6.45) is 2.41. The molecule has 0 aliphatic rings. The molecule has 1 aromatic heterocycles. The lowest BCUT2D eigenvalue weighted by atomic mass is 10.1. The average Bonchev–Trinajstić information content (AvgIpc) is 2.75. The van der Waals surface area contributed by atoms with Gasteiger partial charge in [0.05, 0.1) is 12.7 Å². The number of aromatic nitrogens is 1. The summed E-state index contributed by atoms with van der Waals surface area (Å²) in [7, 11) is 1.35. The second-order valence-electron chi connectivity index (χ2n) is 6.54. The van der Waals surface area contributed by atoms with Gasteiger partial charge in [-0.3, -0.25) is 9.78 Å². The number of para-hydroxylation sites is 1. The topological polar surface area (TPSA) is 80.3 Å². The van der Waals surface area contributed by atoms with Crippen molar-refractivity contribution in [2.45, 2.75) is 20.3 Å². The lowest BCUT2D eigenvalue weighted by molar-refractivity contribution is 0.0600. The van der Waals surface area contributed by atoms with Gasteiger partial charge in [-0.1, -0.05) is 25.1 Å². The molecular formula is C23H23N3O3. The van der Waals surface area contributed by atoms with E-state index in [9.17, 15) is 9.59 Å². The largest absolute Gasteiger partial charge is 0.465 e. The van der Waals surface area contributed by atoms with Crippen LogP contribution in [0.3, 0.4) is 0 Å². The highest BCUT2D eigenvalue weighted by Gasteiger charge is 2.12. The van der Waals surface area contributed by atoms with Crippen molar-refractivity contribution in [3.05, 3.63) is 83.2 Å². The number of aryl methyl sites for hydroxylation is 2. The van der Waals surface area contributed by atoms with Crippen molar-refractivity contribution in [3.8, 4) is 0 Å². The lowest BCUT2D eigenvalue weighted by Gasteiger charge is -2.13. The molecule has 3 rings (SSSR count). The van der Waals surface area contributed by atoms with E-state index in [4.69, 9.17) is 4.74 Å². The van der Waals surface area contributed by atoms with Crippen LogP contribution in [0.5, 0.6) is 0 Å². The normalized spacial score (nSPS) is 10.3. The van der Waals surface area contributed by atoms with Gasteiger partial charge in [0.15, 0.2) is 0 Å². The maximum Gasteiger partial charge on any atom is 0.337 e. The second-order valence-corrected chi connectivity index (χ2v) is 6.54. The summed E-state index contributed by atoms with van der Waals surface area (Å²) in [6, 6.07) is 16.3. The average molecular weight is 389 g/mol. The number of amides is 1. The zero-order chi connectivity index (χ0) is 20.8. The first-order chi connectivity index (χ1) is 14.0. The van der Waals surface area contributed by atoms with Crippen molar-refractivity contribution < 1.29 is 14.3 Å². The van der Waals surface area contributed by atoms with Crippen LogP contribution in [0.15, 0.2) is 60.8 Å². The third-order valence-corrected chi connectivity index (χ3v) is 4.57. The van der Waals surface area contributed by atoms with E-state index in [2.05, 4.69) is 22.5 Å². The Morgan fingerprint density at radius 2 is 1.79 bits per heavy atom. The third-order valence-electron chi connectivity index (χ3n) is 4.57. The molecule has 0 spiro atoms. The Labute approximate surface area is 169 Å². The number of hydrogen-bond donors (Lipinski definition) is 2. The number of anilines is 3. The maximum atomic E-state index is 12.7. The lowest BCUT2D eigenvalue weighted by Crippen LogP contribution is -2.16. The van der Waals surface area contributed by atoms with Crippen molar-refractivity contribution in [3.63, 3.8) is 0 Å². The highest BCUT2D eigenvalue weighted by atomic mass is 16.5. The van der Waals surface area contributed by atoms with Crippen molar-refractivity contribution in [2.75, 3.05) is 17.7 Å². The molecule has 6 heteroatoms. The van der Waals surface area contributed by atoms with E-state index >= 15 is 0 Å². The maximum absolute atomic E-state index is 12.7. The molecule has 6 nitrogen and oxygen atoms in total. The van der Waals surface area contributed by atoms with Crippen molar-refractivity contribution in [1.29, 1.82) is 0 Å². The van der Waals surface area contributed by atoms with Gasteiger partial charge in [-0.2, -0.15) is 0 Å². The minimum atomic E-state index is -0.387. The molecular weight excluding hydrogens is 366 g/mol. The standard InChI is InChI=1S/C23H23N3O3/c1-4-16-7-5-6-15(2)21(16)26-22(27)20-14-19(12-13-24-20)25-18-10-8-17(9-11-18)23(28)29-3/h5-14H,4H2,1-3H3,(H,24,25)(H,26,27). The highest BCUT2D eigenvalue weighted by molar-refractivity contribution is 6.04. The van der Waals surface area contributed by atoms with E-state index in [-0.39, 0.29) is 11.9 Å². The zero-order valence-corrected chi connectivity index (χ0v) is 16.7. The smallest absolute Gasteiger partial charge is 0.337 e. The minimum absolute atomic E-state index is 0.265. The molecule has 148 valence electrons. The molecule has 2 N–H and O–H groups in total. The monoisotopic (exact) mass is 389 g/mol. The molecule has 0 unspecified atom stereocenters. The Bertz CT molecular complexity index is 1030. The number of pyridine rings is 1. The Kier molecular flexibility index (Phi) is 6.24. The van der Waals surface area contributed by atoms with Crippen molar-refractivity contribution in [1.82, 2.24) is 4.98 Å². The first-order valence-electron chi connectivity index (χ1n) is 9.33. The number of hydrogen-bond acceptors (Lipinski definition) is 5. The van der Waals surface area contributed by atoms with Crippen LogP contribution in [-0.2, 0) is 11.2 Å². The molecule has 0 saturated carbocycles. The van der Waals surface area contributed by atoms with Gasteiger partial charge in [-0.25, -0.2) is 4.79 Å². The summed E-state index contributed by atoms with van der Waals surface area (Å²) in [5, 5.41) is 6.19. The van der Waals surface area contributed by atoms with Gasteiger partial charge in [-0.05, 0) is 60.9 Å². The number of methoxy groups -OCH3 is 1. The van der Waals surface area contributed by atoms with Gasteiger partial charge < -0.3 is 15.4 Å². The van der Waals surface area contributed by atoms with Crippen LogP contribution in [0.1, 0.15) is 38.9 Å². The summed E-state index contributed by atoms with van der Waals surface area (Å²) in [5.74, 6) is -0.652. The zero-order valence-electron chi connectivity index (χ0n) is 16.7. The molecule has 0 bridgehead atoms. The molecule has 3 aromatic rings. The number of benzene rings is 2. The van der Waals surface area contributed by atoms with Gasteiger partial charge in [0.25, 0.3) is 5.91 Å². The summed E-state index contributed by atoms with van der Waals surface area (Å²) in [6.45, 7) is 4.02. The summed E-state index contributed by atoms with van der Waals surface area (Å²) >= 11 is 0. The third kappa shape index (κ3) is 4.79. The quantitative estimate of drug-likeness (QED) is 0.596. The first kappa shape index (κ1) is 20.1. The van der Waals surface area contributed by atoms with Crippen molar-refractivity contribution in [2.24, 2.45) is 0 Å². The van der Waals surface area contributed by atoms with Crippen LogP contribution < -0.4 is 10.6 Å². The number of carbonyl (C=O) groups excluding carboxylic acids is 2. The molecule has 29 heavy (non-hydrogen) atoms. The number of carbonyl (C=O) groups is 2. The SMILES string of the molecule is CCc1cccc(C)c1NC(=O)c1cc(Nc2ccc(C(=O)OC)cc2)ccn1. The van der Waals surface area contributed by atoms with Crippen LogP contribution in [-0.4, -0.2) is 24.0 Å². The molecule has 0 fully saturated rings. The second kappa shape index (κ2) is 9.01. The predicted octanol–water partition coefficient (Wildman–Crippen LogP) is 4.73. The molecule has 0 radical (unpaired) electrons. The molecule has 0 aliphatic carbocycles. The number of nitrogens with zero attached hydrogens (tertiary/aromatic N) is 1. The Balaban J connectivity index is 1.76. The van der Waals surface area contributed by atoms with E-state index in [1.807, 2.05) is 25.1 Å². The van der Waals surface area contributed by atoms with Gasteiger partial charge in [-0.15, -0.1) is 0 Å². The van der Waals surface area contributed by atoms with Crippen LogP contribution in [0, 0.1) is 6.92 Å². The van der Waals surface area contributed by atoms with E-state index < -0.39 is 0 Å². The summed E-state index contributed by atoms with van der Waals surface area (Å²) < 4.78 is 4.70.